The molecule has 1 N–H and O–H groups in total. The monoisotopic (exact) mass is 657 g/mol. The number of anilines is 1. The van der Waals surface area contributed by atoms with Crippen molar-refractivity contribution in [2.75, 3.05) is 64.4 Å². The van der Waals surface area contributed by atoms with Crippen molar-refractivity contribution in [2.24, 2.45) is 0 Å². The first-order valence-corrected chi connectivity index (χ1v) is 16.9. The molecule has 0 saturated carbocycles. The molecule has 2 aromatic carbocycles. The molecule has 3 aromatic rings. The van der Waals surface area contributed by atoms with Gasteiger partial charge in [0.05, 0.1) is 21.7 Å². The van der Waals surface area contributed by atoms with Gasteiger partial charge in [0.15, 0.2) is 10.9 Å². The van der Waals surface area contributed by atoms with Crippen LogP contribution >= 0.6 is 35.3 Å². The maximum Gasteiger partial charge on any atom is 0.251 e. The number of nitrogens with zero attached hydrogens (tertiary/aromatic N) is 4. The molecule has 1 aliphatic rings. The van der Waals surface area contributed by atoms with Crippen LogP contribution in [0.1, 0.15) is 49.9 Å². The van der Waals surface area contributed by atoms with Crippen LogP contribution in [0.15, 0.2) is 41.3 Å². The topological polar surface area (TPSA) is 95.1 Å². The number of unbranched alkanes of at least 4 members (excludes halogenated alkanes) is 2. The van der Waals surface area contributed by atoms with E-state index in [0.717, 1.165) is 73.8 Å². The van der Waals surface area contributed by atoms with E-state index in [0.29, 0.717) is 36.0 Å². The number of hydrogen-bond acceptors (Lipinski definition) is 8. The molecule has 4 rings (SSSR count). The molecule has 0 atom stereocenters. The number of piperazine rings is 1. The van der Waals surface area contributed by atoms with Gasteiger partial charge in [-0.15, -0.1) is 12.4 Å². The molecule has 1 aromatic heterocycles. The molecule has 2 heterocycles. The van der Waals surface area contributed by atoms with E-state index in [1.165, 1.54) is 0 Å². The zero-order valence-electron chi connectivity index (χ0n) is 24.5. The predicted molar refractivity (Wildman–Crippen MR) is 174 cm³/mol. The van der Waals surface area contributed by atoms with Crippen LogP contribution in [-0.2, 0) is 10.0 Å². The van der Waals surface area contributed by atoms with Crippen LogP contribution in [0.25, 0.3) is 10.2 Å². The first-order chi connectivity index (χ1) is 19.8. The van der Waals surface area contributed by atoms with Crippen LogP contribution in [0.4, 0.5) is 5.13 Å². The summed E-state index contributed by atoms with van der Waals surface area (Å²) in [6.45, 7) is 9.79. The molecule has 0 bridgehead atoms. The maximum atomic E-state index is 13.2. The second-order valence-electron chi connectivity index (χ2n) is 10.1. The number of carbonyl (C=O) groups is 1. The fourth-order valence-electron chi connectivity index (χ4n) is 4.80. The van der Waals surface area contributed by atoms with Gasteiger partial charge in [0.1, 0.15) is 5.52 Å². The third-order valence-electron chi connectivity index (χ3n) is 7.29. The highest BCUT2D eigenvalue weighted by Gasteiger charge is 2.24. The Morgan fingerprint density at radius 1 is 1.05 bits per heavy atom. The van der Waals surface area contributed by atoms with Crippen molar-refractivity contribution in [3.63, 3.8) is 0 Å². The van der Waals surface area contributed by atoms with Crippen LogP contribution in [-0.4, -0.2) is 88.0 Å². The van der Waals surface area contributed by atoms with E-state index in [2.05, 4.69) is 29.0 Å². The lowest BCUT2D eigenvalue weighted by molar-refractivity contribution is 0.0947. The summed E-state index contributed by atoms with van der Waals surface area (Å²) in [5.74, 6) is 0.404. The minimum Gasteiger partial charge on any atom is -0.493 e. The Labute approximate surface area is 264 Å². The highest BCUT2D eigenvalue weighted by molar-refractivity contribution is 7.89. The summed E-state index contributed by atoms with van der Waals surface area (Å²) < 4.78 is 34.4. The number of aromatic nitrogens is 1. The van der Waals surface area contributed by atoms with Gasteiger partial charge in [-0.25, -0.2) is 13.4 Å². The summed E-state index contributed by atoms with van der Waals surface area (Å²) in [5.41, 5.74) is 1.25. The lowest BCUT2D eigenvalue weighted by atomic mass is 10.2. The molecule has 1 fully saturated rings. The Hall–Kier alpha value is -2.15. The molecule has 1 amide bonds. The fraction of sp³-hybridized carbons (Fsp3) is 0.517. The SMILES string of the molecule is CCCCN(CCCC)S(=O)(=O)c1ccc(C(=O)NCCN2CCN(c3nc4c(OC)c(Cl)ccc4s3)CC2)cc1.Cl. The molecular formula is C29H41Cl2N5O4S2. The second-order valence-corrected chi connectivity index (χ2v) is 13.5. The first kappa shape index (κ1) is 34.3. The summed E-state index contributed by atoms with van der Waals surface area (Å²) in [6, 6.07) is 10.1. The van der Waals surface area contributed by atoms with E-state index in [-0.39, 0.29) is 23.2 Å². The summed E-state index contributed by atoms with van der Waals surface area (Å²) in [6.07, 6.45) is 3.51. The zero-order valence-corrected chi connectivity index (χ0v) is 27.7. The second kappa shape index (κ2) is 16.1. The van der Waals surface area contributed by atoms with Gasteiger partial charge in [-0.2, -0.15) is 4.31 Å². The van der Waals surface area contributed by atoms with Crippen molar-refractivity contribution in [3.8, 4) is 5.75 Å². The summed E-state index contributed by atoms with van der Waals surface area (Å²) in [7, 11) is -1.98. The zero-order chi connectivity index (χ0) is 29.4. The van der Waals surface area contributed by atoms with Crippen LogP contribution < -0.4 is 15.0 Å². The first-order valence-electron chi connectivity index (χ1n) is 14.3. The van der Waals surface area contributed by atoms with Crippen LogP contribution in [0.2, 0.25) is 5.02 Å². The van der Waals surface area contributed by atoms with Gasteiger partial charge in [0.2, 0.25) is 10.0 Å². The Morgan fingerprint density at radius 3 is 2.29 bits per heavy atom. The molecule has 1 saturated heterocycles. The molecule has 1 aliphatic heterocycles. The molecule has 13 heteroatoms. The highest BCUT2D eigenvalue weighted by atomic mass is 35.5. The molecular weight excluding hydrogens is 617 g/mol. The number of halogens is 2. The number of fused-ring (bicyclic) bond motifs is 1. The van der Waals surface area contributed by atoms with Gasteiger partial charge in [-0.1, -0.05) is 49.6 Å². The number of sulfonamides is 1. The molecule has 0 aliphatic carbocycles. The van der Waals surface area contributed by atoms with E-state index in [1.807, 2.05) is 12.1 Å². The summed E-state index contributed by atoms with van der Waals surface area (Å²) in [5, 5.41) is 4.48. The van der Waals surface area contributed by atoms with E-state index in [4.69, 9.17) is 21.3 Å². The number of hydrogen-bond donors (Lipinski definition) is 1. The van der Waals surface area contributed by atoms with E-state index in [9.17, 15) is 13.2 Å². The Balaban J connectivity index is 0.00000484. The highest BCUT2D eigenvalue weighted by Crippen LogP contribution is 2.38. The molecule has 9 nitrogen and oxygen atoms in total. The minimum atomic E-state index is -3.58. The Kier molecular flexibility index (Phi) is 13.1. The fourth-order valence-corrected chi connectivity index (χ4v) is 7.57. The number of carbonyl (C=O) groups excluding carboxylic acids is 1. The van der Waals surface area contributed by atoms with E-state index in [1.54, 1.807) is 47.0 Å². The summed E-state index contributed by atoms with van der Waals surface area (Å²) in [4.78, 5) is 22.3. The predicted octanol–water partition coefficient (Wildman–Crippen LogP) is 5.52. The van der Waals surface area contributed by atoms with Gasteiger partial charge in [-0.05, 0) is 49.2 Å². The number of amides is 1. The van der Waals surface area contributed by atoms with Gasteiger partial charge >= 0.3 is 0 Å². The van der Waals surface area contributed by atoms with Gasteiger partial charge in [0, 0.05) is 57.9 Å². The molecule has 0 spiro atoms. The number of methoxy groups -OCH3 is 1. The van der Waals surface area contributed by atoms with Gasteiger partial charge in [-0.3, -0.25) is 9.69 Å². The third kappa shape index (κ3) is 8.27. The molecule has 232 valence electrons. The van der Waals surface area contributed by atoms with Crippen molar-refractivity contribution >= 4 is 66.6 Å². The minimum absolute atomic E-state index is 0. The van der Waals surface area contributed by atoms with Gasteiger partial charge in [0.25, 0.3) is 5.91 Å². The van der Waals surface area contributed by atoms with Crippen molar-refractivity contribution in [1.82, 2.24) is 19.5 Å². The van der Waals surface area contributed by atoms with Crippen LogP contribution in [0.5, 0.6) is 5.75 Å². The number of ether oxygens (including phenoxy) is 1. The molecule has 42 heavy (non-hydrogen) atoms. The standard InChI is InChI=1S/C29H40ClN5O4S2.ClH/c1-4-6-15-35(16-7-5-2)41(37,38)23-10-8-22(9-11-23)28(36)31-14-17-33-18-20-34(21-19-33)29-32-26-25(40-29)13-12-24(30)27(26)39-3;/h8-13H,4-7,14-21H2,1-3H3,(H,31,36);1H. The number of nitrogens with one attached hydrogen (secondary N) is 1. The quantitative estimate of drug-likeness (QED) is 0.244. The molecule has 0 unspecified atom stereocenters. The summed E-state index contributed by atoms with van der Waals surface area (Å²) >= 11 is 7.89. The van der Waals surface area contributed by atoms with E-state index >= 15 is 0 Å². The number of rotatable bonds is 14. The van der Waals surface area contributed by atoms with Crippen molar-refractivity contribution in [2.45, 2.75) is 44.4 Å². The van der Waals surface area contributed by atoms with Crippen LogP contribution in [0.3, 0.4) is 0 Å². The van der Waals surface area contributed by atoms with Crippen molar-refractivity contribution < 1.29 is 17.9 Å². The average molecular weight is 659 g/mol. The van der Waals surface area contributed by atoms with Gasteiger partial charge < -0.3 is 15.0 Å². The van der Waals surface area contributed by atoms with Crippen LogP contribution in [0, 0.1) is 0 Å². The number of thiazole rings is 1. The largest absolute Gasteiger partial charge is 0.493 e. The smallest absolute Gasteiger partial charge is 0.251 e. The Bertz CT molecular complexity index is 1400. The lowest BCUT2D eigenvalue weighted by Crippen LogP contribution is -2.48. The maximum absolute atomic E-state index is 13.2. The normalized spacial score (nSPS) is 14.3. The van der Waals surface area contributed by atoms with Crippen molar-refractivity contribution in [1.29, 1.82) is 0 Å². The lowest BCUT2D eigenvalue weighted by Gasteiger charge is -2.34. The molecule has 0 radical (unpaired) electrons. The Morgan fingerprint density at radius 2 is 1.69 bits per heavy atom. The van der Waals surface area contributed by atoms with E-state index < -0.39 is 10.0 Å². The van der Waals surface area contributed by atoms with Crippen molar-refractivity contribution in [3.05, 3.63) is 47.0 Å². The average Bonchev–Trinajstić information content (AvgIpc) is 3.42. The third-order valence-corrected chi connectivity index (χ3v) is 10.6. The number of benzene rings is 2.